The molecule has 1 saturated heterocycles. The van der Waals surface area contributed by atoms with E-state index in [1.54, 1.807) is 15.5 Å². The Morgan fingerprint density at radius 1 is 1.38 bits per heavy atom. The molecule has 1 aromatic heterocycles. The zero-order valence-electron chi connectivity index (χ0n) is 13.7. The smallest absolute Gasteiger partial charge is 0.254 e. The lowest BCUT2D eigenvalue weighted by Crippen LogP contribution is -2.42. The Hall–Kier alpha value is -1.83. The Bertz CT molecular complexity index is 710. The first-order chi connectivity index (χ1) is 11.5. The van der Waals surface area contributed by atoms with Crippen molar-refractivity contribution < 1.29 is 9.59 Å². The van der Waals surface area contributed by atoms with Crippen molar-refractivity contribution in [2.24, 2.45) is 11.7 Å². The average molecular weight is 350 g/mol. The summed E-state index contributed by atoms with van der Waals surface area (Å²) >= 11 is 1.53. The summed E-state index contributed by atoms with van der Waals surface area (Å²) in [5, 5.41) is 0.713. The number of amides is 2. The molecule has 3 heterocycles. The Kier molecular flexibility index (Phi) is 4.93. The van der Waals surface area contributed by atoms with Crippen LogP contribution >= 0.6 is 11.8 Å². The maximum absolute atomic E-state index is 12.5. The van der Waals surface area contributed by atoms with Gasteiger partial charge in [0.05, 0.1) is 6.04 Å². The highest BCUT2D eigenvalue weighted by molar-refractivity contribution is 7.99. The molecule has 2 N–H and O–H groups in total. The van der Waals surface area contributed by atoms with Gasteiger partial charge in [0.15, 0.2) is 5.16 Å². The third kappa shape index (κ3) is 3.33. The number of nitrogens with zero attached hydrogens (tertiary/aromatic N) is 3. The number of rotatable bonds is 4. The molecular weight excluding hydrogens is 328 g/mol. The van der Waals surface area contributed by atoms with Crippen LogP contribution in [0.1, 0.15) is 37.9 Å². The van der Waals surface area contributed by atoms with E-state index in [0.29, 0.717) is 43.3 Å². The highest BCUT2D eigenvalue weighted by Crippen LogP contribution is 2.32. The van der Waals surface area contributed by atoms with Gasteiger partial charge in [-0.1, -0.05) is 18.7 Å². The van der Waals surface area contributed by atoms with Crippen molar-refractivity contribution in [3.05, 3.63) is 22.1 Å². The molecule has 0 saturated carbocycles. The molecule has 24 heavy (non-hydrogen) atoms. The molecule has 2 aliphatic heterocycles. The lowest BCUT2D eigenvalue weighted by molar-refractivity contribution is -0.135. The van der Waals surface area contributed by atoms with Crippen LogP contribution in [-0.4, -0.2) is 45.1 Å². The molecule has 2 aliphatic rings. The van der Waals surface area contributed by atoms with Crippen LogP contribution in [-0.2, 0) is 16.0 Å². The monoisotopic (exact) mass is 350 g/mol. The summed E-state index contributed by atoms with van der Waals surface area (Å²) < 4.78 is 1.65. The fraction of sp³-hybridized carbons (Fsp3) is 0.625. The molecule has 0 radical (unpaired) electrons. The number of thioether (sulfide) groups is 1. The molecule has 0 aromatic carbocycles. The van der Waals surface area contributed by atoms with E-state index >= 15 is 0 Å². The third-order valence-electron chi connectivity index (χ3n) is 4.77. The van der Waals surface area contributed by atoms with Crippen LogP contribution < -0.4 is 11.3 Å². The van der Waals surface area contributed by atoms with Crippen molar-refractivity contribution in [1.29, 1.82) is 0 Å². The lowest BCUT2D eigenvalue weighted by atomic mass is 9.96. The Morgan fingerprint density at radius 2 is 2.08 bits per heavy atom. The fourth-order valence-corrected chi connectivity index (χ4v) is 4.44. The van der Waals surface area contributed by atoms with Crippen LogP contribution in [0.3, 0.4) is 0 Å². The van der Waals surface area contributed by atoms with Crippen molar-refractivity contribution in [2.45, 2.75) is 43.8 Å². The molecule has 130 valence electrons. The molecular formula is C16H22N4O3S. The van der Waals surface area contributed by atoms with Gasteiger partial charge in [-0.3, -0.25) is 19.0 Å². The molecule has 3 rings (SSSR count). The molecule has 1 unspecified atom stereocenters. The van der Waals surface area contributed by atoms with Crippen molar-refractivity contribution in [1.82, 2.24) is 14.5 Å². The highest BCUT2D eigenvalue weighted by Gasteiger charge is 2.31. The van der Waals surface area contributed by atoms with Gasteiger partial charge in [0.1, 0.15) is 0 Å². The van der Waals surface area contributed by atoms with Gasteiger partial charge >= 0.3 is 0 Å². The van der Waals surface area contributed by atoms with E-state index in [2.05, 4.69) is 4.98 Å². The number of aromatic nitrogens is 2. The van der Waals surface area contributed by atoms with Gasteiger partial charge in [-0.05, 0) is 19.3 Å². The first-order valence-electron chi connectivity index (χ1n) is 8.32. The topological polar surface area (TPSA) is 98.3 Å². The number of fused-ring (bicyclic) bond motifs is 1. The minimum absolute atomic E-state index is 0.0304. The van der Waals surface area contributed by atoms with Crippen LogP contribution in [0.5, 0.6) is 0 Å². The van der Waals surface area contributed by atoms with E-state index in [9.17, 15) is 14.4 Å². The second-order valence-corrected chi connectivity index (χ2v) is 7.31. The normalized spacial score (nSPS) is 20.9. The molecule has 0 bridgehead atoms. The number of piperidine rings is 1. The standard InChI is InChI=1S/C16H22N4O3S/c1-2-11-7-14(22)20-12(9-24-16(20)18-11)8-13(21)19-5-3-10(4-6-19)15(17)23/h7,10,12H,2-6,8-9H2,1H3,(H2,17,23). The molecule has 8 heteroatoms. The predicted molar refractivity (Wildman–Crippen MR) is 90.8 cm³/mol. The van der Waals surface area contributed by atoms with Crippen molar-refractivity contribution in [2.75, 3.05) is 18.8 Å². The van der Waals surface area contributed by atoms with Crippen molar-refractivity contribution in [3.63, 3.8) is 0 Å². The summed E-state index contributed by atoms with van der Waals surface area (Å²) in [5.74, 6) is 0.310. The Labute approximate surface area is 144 Å². The molecule has 1 atom stereocenters. The van der Waals surface area contributed by atoms with E-state index in [4.69, 9.17) is 5.73 Å². The fourth-order valence-electron chi connectivity index (χ4n) is 3.27. The van der Waals surface area contributed by atoms with Crippen LogP contribution in [0, 0.1) is 5.92 Å². The summed E-state index contributed by atoms with van der Waals surface area (Å²) in [6, 6.07) is 1.42. The number of carbonyl (C=O) groups excluding carboxylic acids is 2. The predicted octanol–water partition coefficient (Wildman–Crippen LogP) is 0.567. The quantitative estimate of drug-likeness (QED) is 0.801. The summed E-state index contributed by atoms with van der Waals surface area (Å²) in [4.78, 5) is 42.3. The molecule has 1 aromatic rings. The summed E-state index contributed by atoms with van der Waals surface area (Å²) in [5.41, 5.74) is 6.04. The number of primary amides is 1. The zero-order chi connectivity index (χ0) is 17.3. The van der Waals surface area contributed by atoms with Gasteiger partial charge < -0.3 is 10.6 Å². The maximum Gasteiger partial charge on any atom is 0.254 e. The van der Waals surface area contributed by atoms with E-state index in [-0.39, 0.29) is 29.3 Å². The Balaban J connectivity index is 1.66. The minimum Gasteiger partial charge on any atom is -0.369 e. The van der Waals surface area contributed by atoms with Gasteiger partial charge in [-0.25, -0.2) is 4.98 Å². The SMILES string of the molecule is CCc1cc(=O)n2c(n1)SCC2CC(=O)N1CCC(C(N)=O)CC1. The average Bonchev–Trinajstić information content (AvgIpc) is 2.98. The number of likely N-dealkylation sites (tertiary alicyclic amines) is 1. The van der Waals surface area contributed by atoms with Crippen molar-refractivity contribution >= 4 is 23.6 Å². The van der Waals surface area contributed by atoms with Crippen LogP contribution in [0.25, 0.3) is 0 Å². The van der Waals surface area contributed by atoms with Crippen LogP contribution in [0.2, 0.25) is 0 Å². The minimum atomic E-state index is -0.285. The van der Waals surface area contributed by atoms with E-state index in [0.717, 1.165) is 12.1 Å². The lowest BCUT2D eigenvalue weighted by Gasteiger charge is -2.31. The highest BCUT2D eigenvalue weighted by atomic mass is 32.2. The molecule has 2 amide bonds. The number of hydrogen-bond acceptors (Lipinski definition) is 5. The van der Waals surface area contributed by atoms with Crippen LogP contribution in [0.4, 0.5) is 0 Å². The Morgan fingerprint density at radius 3 is 2.71 bits per heavy atom. The zero-order valence-corrected chi connectivity index (χ0v) is 14.6. The molecule has 0 aliphatic carbocycles. The third-order valence-corrected chi connectivity index (χ3v) is 5.86. The van der Waals surface area contributed by atoms with Gasteiger partial charge in [0.2, 0.25) is 11.8 Å². The number of nitrogens with two attached hydrogens (primary N) is 1. The van der Waals surface area contributed by atoms with E-state index in [1.165, 1.54) is 11.8 Å². The van der Waals surface area contributed by atoms with Gasteiger partial charge in [-0.2, -0.15) is 0 Å². The number of hydrogen-bond donors (Lipinski definition) is 1. The molecule has 1 fully saturated rings. The summed E-state index contributed by atoms with van der Waals surface area (Å²) in [6.45, 7) is 3.08. The first-order valence-corrected chi connectivity index (χ1v) is 9.30. The van der Waals surface area contributed by atoms with E-state index < -0.39 is 0 Å². The number of carbonyl (C=O) groups is 2. The largest absolute Gasteiger partial charge is 0.369 e. The van der Waals surface area contributed by atoms with Crippen LogP contribution in [0.15, 0.2) is 16.0 Å². The summed E-state index contributed by atoms with van der Waals surface area (Å²) in [6.07, 6.45) is 2.27. The van der Waals surface area contributed by atoms with E-state index in [1.807, 2.05) is 6.92 Å². The van der Waals surface area contributed by atoms with Crippen molar-refractivity contribution in [3.8, 4) is 0 Å². The maximum atomic E-state index is 12.5. The summed E-state index contributed by atoms with van der Waals surface area (Å²) in [7, 11) is 0. The first kappa shape index (κ1) is 17.0. The second kappa shape index (κ2) is 6.96. The van der Waals surface area contributed by atoms with Gasteiger partial charge in [0.25, 0.3) is 5.56 Å². The van der Waals surface area contributed by atoms with Gasteiger partial charge in [-0.15, -0.1) is 0 Å². The van der Waals surface area contributed by atoms with Gasteiger partial charge in [0, 0.05) is 42.9 Å². The molecule has 7 nitrogen and oxygen atoms in total. The number of aryl methyl sites for hydroxylation is 1. The molecule has 0 spiro atoms. The second-order valence-electron chi connectivity index (χ2n) is 6.32.